The highest BCUT2D eigenvalue weighted by Crippen LogP contribution is 2.13. The second kappa shape index (κ2) is 7.45. The van der Waals surface area contributed by atoms with Crippen molar-refractivity contribution in [2.45, 2.75) is 13.3 Å². The van der Waals surface area contributed by atoms with Gasteiger partial charge in [-0.3, -0.25) is 9.59 Å². The first-order valence-electron chi connectivity index (χ1n) is 5.84. The lowest BCUT2D eigenvalue weighted by atomic mass is 10.1. The molecule has 0 aliphatic rings. The molecule has 5 nitrogen and oxygen atoms in total. The van der Waals surface area contributed by atoms with E-state index >= 15 is 0 Å². The lowest BCUT2D eigenvalue weighted by Gasteiger charge is -2.07. The molecule has 0 heterocycles. The molecule has 0 fully saturated rings. The Hall–Kier alpha value is -1.88. The Morgan fingerprint density at radius 1 is 1.39 bits per heavy atom. The predicted molar refractivity (Wildman–Crippen MR) is 68.6 cm³/mol. The van der Waals surface area contributed by atoms with E-state index in [1.54, 1.807) is 24.3 Å². The van der Waals surface area contributed by atoms with E-state index in [-0.39, 0.29) is 24.7 Å². The third kappa shape index (κ3) is 4.97. The largest absolute Gasteiger partial charge is 0.493 e. The van der Waals surface area contributed by atoms with E-state index in [9.17, 15) is 9.59 Å². The molecular formula is C13H18N2O3. The number of hydrogen-bond acceptors (Lipinski definition) is 4. The number of carbonyl (C=O) groups excluding carboxylic acids is 2. The van der Waals surface area contributed by atoms with Gasteiger partial charge in [0.2, 0.25) is 5.91 Å². The summed E-state index contributed by atoms with van der Waals surface area (Å²) in [6.45, 7) is 2.67. The maximum absolute atomic E-state index is 11.3. The van der Waals surface area contributed by atoms with Gasteiger partial charge in [0.15, 0.2) is 5.78 Å². The number of hydrogen-bond donors (Lipinski definition) is 2. The fraction of sp³-hybridized carbons (Fsp3) is 0.385. The van der Waals surface area contributed by atoms with E-state index < -0.39 is 0 Å². The number of carbonyl (C=O) groups is 2. The van der Waals surface area contributed by atoms with Gasteiger partial charge in [0.25, 0.3) is 0 Å². The molecule has 0 atom stereocenters. The molecule has 0 spiro atoms. The smallest absolute Gasteiger partial charge is 0.223 e. The van der Waals surface area contributed by atoms with Crippen LogP contribution in [0.15, 0.2) is 24.3 Å². The van der Waals surface area contributed by atoms with Crippen molar-refractivity contribution in [1.82, 2.24) is 5.32 Å². The fourth-order valence-electron chi connectivity index (χ4n) is 1.37. The number of ether oxygens (including phenoxy) is 1. The molecule has 5 heteroatoms. The molecule has 0 aromatic heterocycles. The van der Waals surface area contributed by atoms with Crippen molar-refractivity contribution in [2.24, 2.45) is 5.73 Å². The van der Waals surface area contributed by atoms with E-state index in [1.165, 1.54) is 6.92 Å². The van der Waals surface area contributed by atoms with Crippen molar-refractivity contribution >= 4 is 11.7 Å². The third-order valence-corrected chi connectivity index (χ3v) is 2.30. The SMILES string of the molecule is CC(=O)c1cccc(OCCC(=O)NCCN)c1. The van der Waals surface area contributed by atoms with E-state index in [0.29, 0.717) is 24.4 Å². The molecule has 0 bridgehead atoms. The van der Waals surface area contributed by atoms with Crippen LogP contribution in [0.4, 0.5) is 0 Å². The highest BCUT2D eigenvalue weighted by atomic mass is 16.5. The zero-order valence-corrected chi connectivity index (χ0v) is 10.4. The van der Waals surface area contributed by atoms with Crippen LogP contribution in [0.5, 0.6) is 5.75 Å². The van der Waals surface area contributed by atoms with Crippen LogP contribution < -0.4 is 15.8 Å². The van der Waals surface area contributed by atoms with Gasteiger partial charge in [-0.05, 0) is 19.1 Å². The molecule has 3 N–H and O–H groups in total. The highest BCUT2D eigenvalue weighted by molar-refractivity contribution is 5.94. The number of Topliss-reactive ketones (excluding diaryl/α,β-unsaturated/α-hetero) is 1. The third-order valence-electron chi connectivity index (χ3n) is 2.30. The van der Waals surface area contributed by atoms with E-state index in [2.05, 4.69) is 5.32 Å². The van der Waals surface area contributed by atoms with Crippen molar-refractivity contribution < 1.29 is 14.3 Å². The number of benzene rings is 1. The van der Waals surface area contributed by atoms with Gasteiger partial charge in [0.05, 0.1) is 13.0 Å². The van der Waals surface area contributed by atoms with Gasteiger partial charge in [0.1, 0.15) is 5.75 Å². The Morgan fingerprint density at radius 2 is 2.17 bits per heavy atom. The van der Waals surface area contributed by atoms with Gasteiger partial charge >= 0.3 is 0 Å². The molecule has 18 heavy (non-hydrogen) atoms. The summed E-state index contributed by atoms with van der Waals surface area (Å²) in [6, 6.07) is 6.90. The second-order valence-corrected chi connectivity index (χ2v) is 3.82. The van der Waals surface area contributed by atoms with Crippen LogP contribution in [0.2, 0.25) is 0 Å². The number of amides is 1. The van der Waals surface area contributed by atoms with E-state index in [0.717, 1.165) is 0 Å². The summed E-state index contributed by atoms with van der Waals surface area (Å²) >= 11 is 0. The van der Waals surface area contributed by atoms with Crippen LogP contribution >= 0.6 is 0 Å². The minimum absolute atomic E-state index is 0.0128. The Kier molecular flexibility index (Phi) is 5.87. The molecule has 1 rings (SSSR count). The molecule has 0 saturated heterocycles. The maximum atomic E-state index is 11.3. The van der Waals surface area contributed by atoms with Crippen molar-refractivity contribution in [3.05, 3.63) is 29.8 Å². The normalized spacial score (nSPS) is 9.89. The summed E-state index contributed by atoms with van der Waals surface area (Å²) in [5.74, 6) is 0.485. The van der Waals surface area contributed by atoms with Crippen LogP contribution in [0.1, 0.15) is 23.7 Å². The standard InChI is InChI=1S/C13H18N2O3/c1-10(16)11-3-2-4-12(9-11)18-8-5-13(17)15-7-6-14/h2-4,9H,5-8,14H2,1H3,(H,15,17). The zero-order valence-electron chi connectivity index (χ0n) is 10.4. The van der Waals surface area contributed by atoms with Gasteiger partial charge in [-0.15, -0.1) is 0 Å². The lowest BCUT2D eigenvalue weighted by Crippen LogP contribution is -2.29. The summed E-state index contributed by atoms with van der Waals surface area (Å²) in [7, 11) is 0. The molecule has 1 aromatic rings. The molecule has 0 saturated carbocycles. The van der Waals surface area contributed by atoms with Crippen LogP contribution in [-0.4, -0.2) is 31.4 Å². The molecular weight excluding hydrogens is 232 g/mol. The monoisotopic (exact) mass is 250 g/mol. The summed E-state index contributed by atoms with van der Waals surface area (Å²) < 4.78 is 5.40. The molecule has 0 aliphatic heterocycles. The first-order valence-corrected chi connectivity index (χ1v) is 5.84. The van der Waals surface area contributed by atoms with Crippen LogP contribution in [0.3, 0.4) is 0 Å². The molecule has 0 aliphatic carbocycles. The van der Waals surface area contributed by atoms with Crippen LogP contribution in [0, 0.1) is 0 Å². The van der Waals surface area contributed by atoms with Gasteiger partial charge in [0, 0.05) is 18.7 Å². The molecule has 1 aromatic carbocycles. The Bertz CT molecular complexity index is 418. The molecule has 98 valence electrons. The van der Waals surface area contributed by atoms with E-state index in [1.807, 2.05) is 0 Å². The maximum Gasteiger partial charge on any atom is 0.223 e. The number of rotatable bonds is 7. The number of nitrogens with one attached hydrogen (secondary N) is 1. The summed E-state index contributed by atoms with van der Waals surface area (Å²) in [5.41, 5.74) is 5.86. The average molecular weight is 250 g/mol. The van der Waals surface area contributed by atoms with Crippen LogP contribution in [-0.2, 0) is 4.79 Å². The average Bonchev–Trinajstić information content (AvgIpc) is 2.36. The minimum Gasteiger partial charge on any atom is -0.493 e. The fourth-order valence-corrected chi connectivity index (χ4v) is 1.37. The Morgan fingerprint density at radius 3 is 2.83 bits per heavy atom. The summed E-state index contributed by atoms with van der Waals surface area (Å²) in [6.07, 6.45) is 0.268. The van der Waals surface area contributed by atoms with Crippen molar-refractivity contribution in [3.8, 4) is 5.75 Å². The van der Waals surface area contributed by atoms with Crippen molar-refractivity contribution in [1.29, 1.82) is 0 Å². The van der Waals surface area contributed by atoms with Gasteiger partial charge < -0.3 is 15.8 Å². The van der Waals surface area contributed by atoms with Crippen LogP contribution in [0.25, 0.3) is 0 Å². The summed E-state index contributed by atoms with van der Waals surface area (Å²) in [5, 5.41) is 2.65. The molecule has 0 radical (unpaired) electrons. The van der Waals surface area contributed by atoms with Gasteiger partial charge in [-0.25, -0.2) is 0 Å². The predicted octanol–water partition coefficient (Wildman–Crippen LogP) is 0.733. The lowest BCUT2D eigenvalue weighted by molar-refractivity contribution is -0.121. The quantitative estimate of drug-likeness (QED) is 0.699. The Balaban J connectivity index is 2.37. The zero-order chi connectivity index (χ0) is 13.4. The molecule has 1 amide bonds. The second-order valence-electron chi connectivity index (χ2n) is 3.82. The summed E-state index contributed by atoms with van der Waals surface area (Å²) in [4.78, 5) is 22.4. The first-order chi connectivity index (χ1) is 8.63. The first kappa shape index (κ1) is 14.2. The van der Waals surface area contributed by atoms with E-state index in [4.69, 9.17) is 10.5 Å². The minimum atomic E-state index is -0.0943. The number of nitrogens with two attached hydrogens (primary N) is 1. The molecule has 0 unspecified atom stereocenters. The topological polar surface area (TPSA) is 81.4 Å². The highest BCUT2D eigenvalue weighted by Gasteiger charge is 2.03. The van der Waals surface area contributed by atoms with Gasteiger partial charge in [-0.1, -0.05) is 12.1 Å². The van der Waals surface area contributed by atoms with Crippen molar-refractivity contribution in [3.63, 3.8) is 0 Å². The van der Waals surface area contributed by atoms with Gasteiger partial charge in [-0.2, -0.15) is 0 Å². The van der Waals surface area contributed by atoms with Crippen molar-refractivity contribution in [2.75, 3.05) is 19.7 Å². The number of ketones is 1. The Labute approximate surface area is 106 Å².